The maximum atomic E-state index is 12.0. The van der Waals surface area contributed by atoms with Crippen LogP contribution in [0.4, 0.5) is 0 Å². The molecule has 6 nitrogen and oxygen atoms in total. The molecule has 1 heterocycles. The second-order valence-electron chi connectivity index (χ2n) is 5.60. The van der Waals surface area contributed by atoms with Crippen molar-refractivity contribution in [3.8, 4) is 0 Å². The molecule has 1 aromatic heterocycles. The van der Waals surface area contributed by atoms with Crippen LogP contribution >= 0.6 is 0 Å². The molecule has 0 aliphatic heterocycles. The van der Waals surface area contributed by atoms with E-state index in [-0.39, 0.29) is 17.8 Å². The normalized spacial score (nSPS) is 23.3. The van der Waals surface area contributed by atoms with Crippen LogP contribution in [0, 0.1) is 5.92 Å². The lowest BCUT2D eigenvalue weighted by atomic mass is 9.87. The van der Waals surface area contributed by atoms with Crippen molar-refractivity contribution in [2.24, 2.45) is 5.92 Å². The molecule has 0 saturated heterocycles. The van der Waals surface area contributed by atoms with E-state index in [0.717, 1.165) is 25.7 Å². The molecule has 2 amide bonds. The van der Waals surface area contributed by atoms with Crippen molar-refractivity contribution >= 4 is 11.8 Å². The van der Waals surface area contributed by atoms with Gasteiger partial charge in [0.05, 0.1) is 12.4 Å². The Labute approximate surface area is 123 Å². The predicted octanol–water partition coefficient (Wildman–Crippen LogP) is 1.07. The molecule has 0 radical (unpaired) electrons. The molecule has 1 aliphatic rings. The zero-order chi connectivity index (χ0) is 15.2. The number of nitrogens with one attached hydrogen (secondary N) is 2. The van der Waals surface area contributed by atoms with Gasteiger partial charge in [-0.2, -0.15) is 0 Å². The Balaban J connectivity index is 1.73. The molecular weight excluding hydrogens is 272 g/mol. The molecule has 3 atom stereocenters. The van der Waals surface area contributed by atoms with Gasteiger partial charge in [0, 0.05) is 6.54 Å². The Morgan fingerprint density at radius 1 is 1.48 bits per heavy atom. The van der Waals surface area contributed by atoms with E-state index in [2.05, 4.69) is 10.6 Å². The highest BCUT2D eigenvalue weighted by Gasteiger charge is 2.22. The molecule has 0 spiro atoms. The van der Waals surface area contributed by atoms with Gasteiger partial charge >= 0.3 is 0 Å². The monoisotopic (exact) mass is 294 g/mol. The summed E-state index contributed by atoms with van der Waals surface area (Å²) in [6.45, 7) is 2.17. The lowest BCUT2D eigenvalue weighted by Gasteiger charge is -2.26. The molecule has 1 aliphatic carbocycles. The third-order valence-electron chi connectivity index (χ3n) is 3.81. The standard InChI is InChI=1S/C15H22N2O4/c1-10(17-15(20)13-6-3-7-21-13)14(19)16-9-11-4-2-5-12(18)8-11/h3,6-7,10-12,18H,2,4-5,8-9H2,1H3,(H,16,19)(H,17,20). The number of hydrogen-bond donors (Lipinski definition) is 3. The van der Waals surface area contributed by atoms with E-state index < -0.39 is 11.9 Å². The van der Waals surface area contributed by atoms with Crippen LogP contribution in [-0.2, 0) is 4.79 Å². The van der Waals surface area contributed by atoms with Crippen LogP contribution in [0.3, 0.4) is 0 Å². The summed E-state index contributed by atoms with van der Waals surface area (Å²) >= 11 is 0. The minimum Gasteiger partial charge on any atom is -0.459 e. The Hall–Kier alpha value is -1.82. The molecule has 3 unspecified atom stereocenters. The van der Waals surface area contributed by atoms with Gasteiger partial charge in [-0.1, -0.05) is 6.42 Å². The predicted molar refractivity (Wildman–Crippen MR) is 76.6 cm³/mol. The smallest absolute Gasteiger partial charge is 0.287 e. The number of carbonyl (C=O) groups excluding carboxylic acids is 2. The van der Waals surface area contributed by atoms with E-state index in [1.807, 2.05) is 0 Å². The molecule has 1 saturated carbocycles. The molecular formula is C15H22N2O4. The van der Waals surface area contributed by atoms with Crippen LogP contribution in [-0.4, -0.2) is 35.6 Å². The van der Waals surface area contributed by atoms with Crippen molar-refractivity contribution in [1.29, 1.82) is 0 Å². The third kappa shape index (κ3) is 4.60. The van der Waals surface area contributed by atoms with Crippen molar-refractivity contribution in [3.63, 3.8) is 0 Å². The summed E-state index contributed by atoms with van der Waals surface area (Å²) in [7, 11) is 0. The Morgan fingerprint density at radius 3 is 2.95 bits per heavy atom. The van der Waals surface area contributed by atoms with Crippen LogP contribution < -0.4 is 10.6 Å². The van der Waals surface area contributed by atoms with E-state index in [1.54, 1.807) is 19.1 Å². The van der Waals surface area contributed by atoms with Crippen LogP contribution in [0.25, 0.3) is 0 Å². The van der Waals surface area contributed by atoms with Crippen molar-refractivity contribution in [2.75, 3.05) is 6.54 Å². The highest BCUT2D eigenvalue weighted by Crippen LogP contribution is 2.23. The van der Waals surface area contributed by atoms with E-state index >= 15 is 0 Å². The first-order valence-electron chi connectivity index (χ1n) is 7.36. The summed E-state index contributed by atoms with van der Waals surface area (Å²) in [6.07, 6.45) is 4.75. The first kappa shape index (κ1) is 15.6. The second-order valence-corrected chi connectivity index (χ2v) is 5.60. The molecule has 2 rings (SSSR count). The highest BCUT2D eigenvalue weighted by molar-refractivity contribution is 5.95. The summed E-state index contributed by atoms with van der Waals surface area (Å²) in [5, 5.41) is 15.0. The maximum absolute atomic E-state index is 12.0. The van der Waals surface area contributed by atoms with E-state index in [4.69, 9.17) is 4.42 Å². The van der Waals surface area contributed by atoms with Gasteiger partial charge in [-0.05, 0) is 44.2 Å². The number of aliphatic hydroxyl groups is 1. The SMILES string of the molecule is CC(NC(=O)c1ccco1)C(=O)NCC1CCCC(O)C1. The largest absolute Gasteiger partial charge is 0.459 e. The van der Waals surface area contributed by atoms with Crippen molar-refractivity contribution < 1.29 is 19.1 Å². The fraction of sp³-hybridized carbons (Fsp3) is 0.600. The summed E-state index contributed by atoms with van der Waals surface area (Å²) in [5.74, 6) is -0.138. The lowest BCUT2D eigenvalue weighted by molar-refractivity contribution is -0.122. The minimum atomic E-state index is -0.629. The van der Waals surface area contributed by atoms with Gasteiger partial charge in [0.2, 0.25) is 5.91 Å². The van der Waals surface area contributed by atoms with Crippen LogP contribution in [0.2, 0.25) is 0 Å². The Bertz CT molecular complexity index is 472. The molecule has 116 valence electrons. The number of furan rings is 1. The van der Waals surface area contributed by atoms with Gasteiger partial charge in [0.15, 0.2) is 5.76 Å². The first-order valence-corrected chi connectivity index (χ1v) is 7.36. The molecule has 6 heteroatoms. The fourth-order valence-corrected chi connectivity index (χ4v) is 2.59. The zero-order valence-electron chi connectivity index (χ0n) is 12.2. The topological polar surface area (TPSA) is 91.6 Å². The molecule has 0 bridgehead atoms. The van der Waals surface area contributed by atoms with Crippen molar-refractivity contribution in [1.82, 2.24) is 10.6 Å². The average molecular weight is 294 g/mol. The van der Waals surface area contributed by atoms with Gasteiger partial charge in [0.1, 0.15) is 6.04 Å². The summed E-state index contributed by atoms with van der Waals surface area (Å²) in [5.41, 5.74) is 0. The Morgan fingerprint density at radius 2 is 2.29 bits per heavy atom. The first-order chi connectivity index (χ1) is 10.1. The van der Waals surface area contributed by atoms with Crippen molar-refractivity contribution in [2.45, 2.75) is 44.8 Å². The van der Waals surface area contributed by atoms with Crippen LogP contribution in [0.5, 0.6) is 0 Å². The van der Waals surface area contributed by atoms with Gasteiger partial charge in [-0.3, -0.25) is 9.59 Å². The lowest BCUT2D eigenvalue weighted by Crippen LogP contribution is -2.46. The highest BCUT2D eigenvalue weighted by atomic mass is 16.3. The number of amides is 2. The average Bonchev–Trinajstić information content (AvgIpc) is 2.99. The minimum absolute atomic E-state index is 0.185. The fourth-order valence-electron chi connectivity index (χ4n) is 2.59. The summed E-state index contributed by atoms with van der Waals surface area (Å²) in [4.78, 5) is 23.7. The summed E-state index contributed by atoms with van der Waals surface area (Å²) in [6, 6.07) is 2.54. The molecule has 0 aromatic carbocycles. The van der Waals surface area contributed by atoms with Gasteiger partial charge in [-0.25, -0.2) is 0 Å². The molecule has 1 aromatic rings. The zero-order valence-corrected chi connectivity index (χ0v) is 12.2. The summed E-state index contributed by atoms with van der Waals surface area (Å²) < 4.78 is 4.97. The van der Waals surface area contributed by atoms with Gasteiger partial charge in [0.25, 0.3) is 5.91 Å². The van der Waals surface area contributed by atoms with E-state index in [1.165, 1.54) is 6.26 Å². The Kier molecular flexibility index (Phi) is 5.38. The van der Waals surface area contributed by atoms with E-state index in [9.17, 15) is 14.7 Å². The number of hydrogen-bond acceptors (Lipinski definition) is 4. The quantitative estimate of drug-likeness (QED) is 0.757. The number of carbonyl (C=O) groups is 2. The van der Waals surface area contributed by atoms with Gasteiger partial charge in [-0.15, -0.1) is 0 Å². The maximum Gasteiger partial charge on any atom is 0.287 e. The van der Waals surface area contributed by atoms with E-state index in [0.29, 0.717) is 12.5 Å². The van der Waals surface area contributed by atoms with Gasteiger partial charge < -0.3 is 20.2 Å². The molecule has 1 fully saturated rings. The van der Waals surface area contributed by atoms with Crippen LogP contribution in [0.15, 0.2) is 22.8 Å². The number of aliphatic hydroxyl groups excluding tert-OH is 1. The molecule has 3 N–H and O–H groups in total. The third-order valence-corrected chi connectivity index (χ3v) is 3.81. The number of rotatable bonds is 5. The van der Waals surface area contributed by atoms with Crippen LogP contribution in [0.1, 0.15) is 43.2 Å². The molecule has 21 heavy (non-hydrogen) atoms. The second kappa shape index (κ2) is 7.26. The van der Waals surface area contributed by atoms with Crippen molar-refractivity contribution in [3.05, 3.63) is 24.2 Å².